The Labute approximate surface area is 235 Å². The molecular weight excluding hydrogens is 541 g/mol. The zero-order chi connectivity index (χ0) is 29.5. The third-order valence-corrected chi connectivity index (χ3v) is 7.55. The van der Waals surface area contributed by atoms with Gasteiger partial charge in [0, 0.05) is 12.2 Å². The molecule has 0 amide bonds. The molecule has 1 aliphatic carbocycles. The average Bonchev–Trinajstić information content (AvgIpc) is 3.18. The van der Waals surface area contributed by atoms with Gasteiger partial charge in [-0.2, -0.15) is 0 Å². The van der Waals surface area contributed by atoms with Gasteiger partial charge in [0.25, 0.3) is 0 Å². The molecule has 0 saturated heterocycles. The standard InChI is InChI=1S/C31H32F5N3O2/c1-18-11-19(16-30(2,3)15-18)17-39-27-10-5-20(21-12-24(32)28(40-4)25(33)13-21)14-26(27)38-29(39)37-22-6-8-23(9-7-22)41-31(34,35)36/h5-10,12-14,18-19H,11,15-17H2,1-4H3,(H,37,38)/t18-,19+/m0/s1. The van der Waals surface area contributed by atoms with Crippen molar-refractivity contribution in [3.63, 3.8) is 0 Å². The normalized spacial score (nSPS) is 18.9. The van der Waals surface area contributed by atoms with Gasteiger partial charge < -0.3 is 19.4 Å². The summed E-state index contributed by atoms with van der Waals surface area (Å²) in [5.74, 6) is -0.892. The number of hydrogen-bond donors (Lipinski definition) is 1. The first-order valence-corrected chi connectivity index (χ1v) is 13.5. The van der Waals surface area contributed by atoms with E-state index in [4.69, 9.17) is 9.72 Å². The van der Waals surface area contributed by atoms with Gasteiger partial charge in [-0.25, -0.2) is 13.8 Å². The van der Waals surface area contributed by atoms with Crippen molar-refractivity contribution in [2.75, 3.05) is 12.4 Å². The summed E-state index contributed by atoms with van der Waals surface area (Å²) in [7, 11) is 1.21. The first-order chi connectivity index (χ1) is 19.3. The molecule has 5 nitrogen and oxygen atoms in total. The fourth-order valence-electron chi connectivity index (χ4n) is 6.32. The van der Waals surface area contributed by atoms with Crippen molar-refractivity contribution in [2.45, 2.75) is 52.9 Å². The lowest BCUT2D eigenvalue weighted by molar-refractivity contribution is -0.274. The first-order valence-electron chi connectivity index (χ1n) is 13.5. The lowest BCUT2D eigenvalue weighted by Crippen LogP contribution is -2.30. The molecule has 1 aliphatic rings. The van der Waals surface area contributed by atoms with Gasteiger partial charge in [0.15, 0.2) is 17.4 Å². The van der Waals surface area contributed by atoms with Crippen molar-refractivity contribution in [3.05, 3.63) is 66.2 Å². The van der Waals surface area contributed by atoms with Crippen molar-refractivity contribution in [2.24, 2.45) is 17.3 Å². The molecule has 0 aliphatic heterocycles. The van der Waals surface area contributed by atoms with E-state index in [0.717, 1.165) is 24.8 Å². The summed E-state index contributed by atoms with van der Waals surface area (Å²) in [6, 6.07) is 13.3. The minimum Gasteiger partial charge on any atom is -0.491 e. The Bertz CT molecular complexity index is 1520. The highest BCUT2D eigenvalue weighted by Crippen LogP contribution is 2.43. The predicted octanol–water partition coefficient (Wildman–Crippen LogP) is 9.09. The highest BCUT2D eigenvalue weighted by Gasteiger charge is 2.33. The summed E-state index contributed by atoms with van der Waals surface area (Å²) in [5.41, 5.74) is 3.11. The van der Waals surface area contributed by atoms with Gasteiger partial charge in [0.05, 0.1) is 18.1 Å². The number of aromatic nitrogens is 2. The fraction of sp³-hybridized carbons (Fsp3) is 0.387. The molecule has 41 heavy (non-hydrogen) atoms. The zero-order valence-electron chi connectivity index (χ0n) is 23.3. The number of benzene rings is 3. The molecule has 1 aromatic heterocycles. The largest absolute Gasteiger partial charge is 0.573 e. The fourth-order valence-corrected chi connectivity index (χ4v) is 6.32. The Kier molecular flexibility index (Phi) is 7.61. The maximum Gasteiger partial charge on any atom is 0.573 e. The van der Waals surface area contributed by atoms with Crippen LogP contribution in [-0.4, -0.2) is 23.0 Å². The quantitative estimate of drug-likeness (QED) is 0.224. The SMILES string of the molecule is COc1c(F)cc(-c2ccc3c(c2)nc(Nc2ccc(OC(F)(F)F)cc2)n3C[C@@H]2C[C@H](C)CC(C)(C)C2)cc1F. The number of hydrogen-bond acceptors (Lipinski definition) is 4. The molecule has 4 aromatic rings. The Balaban J connectivity index is 1.52. The van der Waals surface area contributed by atoms with Gasteiger partial charge in [-0.1, -0.05) is 26.8 Å². The van der Waals surface area contributed by atoms with Gasteiger partial charge in [0.2, 0.25) is 5.95 Å². The second-order valence-corrected chi connectivity index (χ2v) is 11.7. The maximum atomic E-state index is 14.4. The number of rotatable bonds is 7. The van der Waals surface area contributed by atoms with Crippen LogP contribution in [0.4, 0.5) is 33.6 Å². The van der Waals surface area contributed by atoms with Gasteiger partial charge in [-0.3, -0.25) is 0 Å². The number of nitrogens with one attached hydrogen (secondary N) is 1. The van der Waals surface area contributed by atoms with E-state index in [0.29, 0.717) is 46.7 Å². The topological polar surface area (TPSA) is 48.3 Å². The lowest BCUT2D eigenvalue weighted by atomic mass is 9.68. The molecule has 10 heteroatoms. The van der Waals surface area contributed by atoms with Crippen LogP contribution >= 0.6 is 0 Å². The van der Waals surface area contributed by atoms with E-state index in [9.17, 15) is 22.0 Å². The molecule has 1 saturated carbocycles. The van der Waals surface area contributed by atoms with E-state index in [1.165, 1.54) is 43.5 Å². The number of fused-ring (bicyclic) bond motifs is 1. The Morgan fingerprint density at radius 1 is 0.976 bits per heavy atom. The second-order valence-electron chi connectivity index (χ2n) is 11.7. The number of alkyl halides is 3. The molecule has 1 heterocycles. The second kappa shape index (κ2) is 10.9. The molecule has 5 rings (SSSR count). The monoisotopic (exact) mass is 573 g/mol. The van der Waals surface area contributed by atoms with Crippen LogP contribution in [0.15, 0.2) is 54.6 Å². The number of halogens is 5. The third kappa shape index (κ3) is 6.57. The van der Waals surface area contributed by atoms with Gasteiger partial charge in [-0.05, 0) is 96.2 Å². The lowest BCUT2D eigenvalue weighted by Gasteiger charge is -2.39. The highest BCUT2D eigenvalue weighted by molar-refractivity contribution is 5.85. The van der Waals surface area contributed by atoms with Crippen molar-refractivity contribution in [3.8, 4) is 22.6 Å². The summed E-state index contributed by atoms with van der Waals surface area (Å²) < 4.78 is 77.5. The van der Waals surface area contributed by atoms with Crippen LogP contribution in [0.1, 0.15) is 40.0 Å². The van der Waals surface area contributed by atoms with Gasteiger partial charge >= 0.3 is 6.36 Å². The third-order valence-electron chi connectivity index (χ3n) is 7.55. The van der Waals surface area contributed by atoms with Crippen LogP contribution < -0.4 is 14.8 Å². The van der Waals surface area contributed by atoms with Crippen molar-refractivity contribution < 1.29 is 31.4 Å². The highest BCUT2D eigenvalue weighted by atomic mass is 19.4. The number of imidazole rings is 1. The Morgan fingerprint density at radius 3 is 2.27 bits per heavy atom. The zero-order valence-corrected chi connectivity index (χ0v) is 23.3. The molecule has 0 unspecified atom stereocenters. The van der Waals surface area contributed by atoms with Crippen LogP contribution in [0.5, 0.6) is 11.5 Å². The molecular formula is C31H32F5N3O2. The van der Waals surface area contributed by atoms with Crippen LogP contribution in [0.3, 0.4) is 0 Å². The number of methoxy groups -OCH3 is 1. The van der Waals surface area contributed by atoms with Crippen LogP contribution in [-0.2, 0) is 6.54 Å². The van der Waals surface area contributed by atoms with E-state index in [-0.39, 0.29) is 11.2 Å². The minimum absolute atomic E-state index is 0.205. The van der Waals surface area contributed by atoms with Crippen LogP contribution in [0.2, 0.25) is 0 Å². The smallest absolute Gasteiger partial charge is 0.491 e. The molecule has 218 valence electrons. The maximum absolute atomic E-state index is 14.4. The number of anilines is 2. The van der Waals surface area contributed by atoms with Crippen LogP contribution in [0.25, 0.3) is 22.2 Å². The summed E-state index contributed by atoms with van der Waals surface area (Å²) in [6.07, 6.45) is -1.51. The van der Waals surface area contributed by atoms with Crippen LogP contribution in [0, 0.1) is 28.9 Å². The molecule has 3 aromatic carbocycles. The Hall–Kier alpha value is -3.82. The number of nitrogens with zero attached hydrogens (tertiary/aromatic N) is 2. The summed E-state index contributed by atoms with van der Waals surface area (Å²) >= 11 is 0. The van der Waals surface area contributed by atoms with Crippen molar-refractivity contribution in [1.82, 2.24) is 9.55 Å². The van der Waals surface area contributed by atoms with E-state index < -0.39 is 23.7 Å². The molecule has 0 radical (unpaired) electrons. The van der Waals surface area contributed by atoms with Crippen molar-refractivity contribution in [1.29, 1.82) is 0 Å². The van der Waals surface area contributed by atoms with Gasteiger partial charge in [-0.15, -0.1) is 13.2 Å². The van der Waals surface area contributed by atoms with E-state index in [2.05, 4.69) is 35.4 Å². The number of ether oxygens (including phenoxy) is 2. The average molecular weight is 574 g/mol. The minimum atomic E-state index is -4.78. The Morgan fingerprint density at radius 2 is 1.66 bits per heavy atom. The van der Waals surface area contributed by atoms with E-state index >= 15 is 0 Å². The predicted molar refractivity (Wildman–Crippen MR) is 148 cm³/mol. The van der Waals surface area contributed by atoms with Crippen molar-refractivity contribution >= 4 is 22.7 Å². The summed E-state index contributed by atoms with van der Waals surface area (Å²) in [5, 5.41) is 3.24. The van der Waals surface area contributed by atoms with E-state index in [1.807, 2.05) is 6.07 Å². The van der Waals surface area contributed by atoms with E-state index in [1.54, 1.807) is 12.1 Å². The summed E-state index contributed by atoms with van der Waals surface area (Å²) in [4.78, 5) is 4.80. The first kappa shape index (κ1) is 28.7. The van der Waals surface area contributed by atoms with Gasteiger partial charge in [0.1, 0.15) is 5.75 Å². The molecule has 1 fully saturated rings. The summed E-state index contributed by atoms with van der Waals surface area (Å²) in [6.45, 7) is 7.52. The molecule has 1 N–H and O–H groups in total. The molecule has 0 bridgehead atoms. The molecule has 2 atom stereocenters. The molecule has 0 spiro atoms.